The molecule has 5 heteroatoms. The van der Waals surface area contributed by atoms with E-state index in [2.05, 4.69) is 11.2 Å². The number of carbonyl (C=O) groups excluding carboxylic acids is 1. The second-order valence-corrected chi connectivity index (χ2v) is 6.28. The van der Waals surface area contributed by atoms with Crippen molar-refractivity contribution >= 4 is 17.9 Å². The number of carbonyl (C=O) groups is 1. The van der Waals surface area contributed by atoms with Crippen molar-refractivity contribution in [1.82, 2.24) is 9.78 Å². The summed E-state index contributed by atoms with van der Waals surface area (Å²) in [6.45, 7) is 4.59. The van der Waals surface area contributed by atoms with E-state index in [0.29, 0.717) is 22.7 Å². The summed E-state index contributed by atoms with van der Waals surface area (Å²) in [6.07, 6.45) is 0.833. The van der Waals surface area contributed by atoms with E-state index >= 15 is 0 Å². The maximum absolute atomic E-state index is 10.8. The second kappa shape index (κ2) is 6.92. The van der Waals surface area contributed by atoms with Gasteiger partial charge in [0.05, 0.1) is 22.8 Å². The van der Waals surface area contributed by atoms with Gasteiger partial charge in [-0.15, -0.1) is 0 Å². The minimum absolute atomic E-state index is 0.441. The Kier molecular flexibility index (Phi) is 4.69. The molecule has 0 radical (unpaired) electrons. The summed E-state index contributed by atoms with van der Waals surface area (Å²) in [5.41, 5.74) is 6.09. The molecule has 0 saturated heterocycles. The maximum atomic E-state index is 10.8. The Morgan fingerprint density at radius 3 is 2.52 bits per heavy atom. The monoisotopic (exact) mass is 349 g/mol. The zero-order valence-corrected chi connectivity index (χ0v) is 14.7. The van der Waals surface area contributed by atoms with Crippen molar-refractivity contribution in [2.45, 2.75) is 20.4 Å². The largest absolute Gasteiger partial charge is 0.298 e. The summed E-state index contributed by atoms with van der Waals surface area (Å²) >= 11 is 6.17. The third-order valence-corrected chi connectivity index (χ3v) is 4.52. The van der Waals surface area contributed by atoms with Crippen LogP contribution in [0.5, 0.6) is 0 Å². The number of halogens is 1. The standard InChI is InChI=1S/C20H16ClN3O/c1-13-20(17-7-8-18(10-22)19(21)9-17)14(2)24(23-13)11-15-3-5-16(12-25)6-4-15/h3-9,12H,11H2,1-2H3. The van der Waals surface area contributed by atoms with Gasteiger partial charge in [0.25, 0.3) is 0 Å². The molecule has 0 N–H and O–H groups in total. The molecule has 4 nitrogen and oxygen atoms in total. The number of aldehydes is 1. The zero-order valence-electron chi connectivity index (χ0n) is 14.0. The number of rotatable bonds is 4. The molecule has 0 atom stereocenters. The van der Waals surface area contributed by atoms with E-state index in [1.807, 2.05) is 36.7 Å². The predicted octanol–water partition coefficient (Wildman–Crippen LogP) is 4.55. The molecular formula is C20H16ClN3O. The number of nitrogens with zero attached hydrogens (tertiary/aromatic N) is 3. The van der Waals surface area contributed by atoms with Crippen molar-refractivity contribution < 1.29 is 4.79 Å². The first-order valence-electron chi connectivity index (χ1n) is 7.81. The van der Waals surface area contributed by atoms with Gasteiger partial charge in [-0.2, -0.15) is 10.4 Å². The fourth-order valence-electron chi connectivity index (χ4n) is 2.90. The van der Waals surface area contributed by atoms with Crippen LogP contribution in [-0.2, 0) is 6.54 Å². The lowest BCUT2D eigenvalue weighted by Gasteiger charge is -2.07. The first-order valence-corrected chi connectivity index (χ1v) is 8.19. The van der Waals surface area contributed by atoms with E-state index in [0.717, 1.165) is 34.4 Å². The molecule has 3 rings (SSSR count). The maximum Gasteiger partial charge on any atom is 0.150 e. The quantitative estimate of drug-likeness (QED) is 0.649. The molecule has 1 aromatic heterocycles. The number of aryl methyl sites for hydroxylation is 1. The summed E-state index contributed by atoms with van der Waals surface area (Å²) in [6, 6.07) is 15.0. The Morgan fingerprint density at radius 2 is 1.92 bits per heavy atom. The zero-order chi connectivity index (χ0) is 18.0. The summed E-state index contributed by atoms with van der Waals surface area (Å²) in [4.78, 5) is 10.8. The fraction of sp³-hybridized carbons (Fsp3) is 0.150. The van der Waals surface area contributed by atoms with Gasteiger partial charge in [0.2, 0.25) is 0 Å². The molecule has 0 aliphatic rings. The van der Waals surface area contributed by atoms with Crippen molar-refractivity contribution in [3.63, 3.8) is 0 Å². The first kappa shape index (κ1) is 16.9. The third-order valence-electron chi connectivity index (χ3n) is 4.21. The van der Waals surface area contributed by atoms with Gasteiger partial charge < -0.3 is 0 Å². The highest BCUT2D eigenvalue weighted by Crippen LogP contribution is 2.30. The van der Waals surface area contributed by atoms with Gasteiger partial charge >= 0.3 is 0 Å². The van der Waals surface area contributed by atoms with E-state index in [-0.39, 0.29) is 0 Å². The Hall–Kier alpha value is -2.90. The molecule has 0 amide bonds. The normalized spacial score (nSPS) is 10.5. The van der Waals surface area contributed by atoms with Crippen LogP contribution in [0.25, 0.3) is 11.1 Å². The van der Waals surface area contributed by atoms with Gasteiger partial charge in [-0.3, -0.25) is 9.48 Å². The first-order chi connectivity index (χ1) is 12.0. The molecule has 0 saturated carbocycles. The van der Waals surface area contributed by atoms with Gasteiger partial charge in [0, 0.05) is 16.8 Å². The smallest absolute Gasteiger partial charge is 0.150 e. The summed E-state index contributed by atoms with van der Waals surface area (Å²) in [7, 11) is 0. The van der Waals surface area contributed by atoms with E-state index in [9.17, 15) is 4.79 Å². The predicted molar refractivity (Wildman–Crippen MR) is 97.8 cm³/mol. The van der Waals surface area contributed by atoms with E-state index in [1.54, 1.807) is 24.3 Å². The van der Waals surface area contributed by atoms with Crippen molar-refractivity contribution in [3.8, 4) is 17.2 Å². The fourth-order valence-corrected chi connectivity index (χ4v) is 3.13. The Morgan fingerprint density at radius 1 is 1.20 bits per heavy atom. The van der Waals surface area contributed by atoms with Crippen LogP contribution in [0, 0.1) is 25.2 Å². The van der Waals surface area contributed by atoms with Gasteiger partial charge in [0.1, 0.15) is 12.4 Å². The van der Waals surface area contributed by atoms with E-state index in [1.165, 1.54) is 0 Å². The van der Waals surface area contributed by atoms with Crippen molar-refractivity contribution in [1.29, 1.82) is 5.26 Å². The Labute approximate surface area is 151 Å². The molecular weight excluding hydrogens is 334 g/mol. The van der Waals surface area contributed by atoms with Crippen LogP contribution in [0.1, 0.15) is 32.9 Å². The average molecular weight is 350 g/mol. The molecule has 1 heterocycles. The molecule has 0 aliphatic heterocycles. The number of aromatic nitrogens is 2. The molecule has 0 fully saturated rings. The lowest BCUT2D eigenvalue weighted by Crippen LogP contribution is -2.04. The molecule has 124 valence electrons. The third kappa shape index (κ3) is 3.33. The number of benzene rings is 2. The Bertz CT molecular complexity index is 981. The summed E-state index contributed by atoms with van der Waals surface area (Å²) < 4.78 is 1.94. The topological polar surface area (TPSA) is 58.7 Å². The van der Waals surface area contributed by atoms with Crippen LogP contribution in [0.15, 0.2) is 42.5 Å². The molecule has 3 aromatic rings. The Balaban J connectivity index is 1.96. The minimum Gasteiger partial charge on any atom is -0.298 e. The van der Waals surface area contributed by atoms with E-state index < -0.39 is 0 Å². The van der Waals surface area contributed by atoms with Gasteiger partial charge in [-0.1, -0.05) is 41.9 Å². The molecule has 0 aliphatic carbocycles. The summed E-state index contributed by atoms with van der Waals surface area (Å²) in [5.74, 6) is 0. The van der Waals surface area contributed by atoms with Crippen LogP contribution in [-0.4, -0.2) is 16.1 Å². The van der Waals surface area contributed by atoms with Gasteiger partial charge in [0.15, 0.2) is 0 Å². The number of nitriles is 1. The second-order valence-electron chi connectivity index (χ2n) is 5.87. The number of hydrogen-bond donors (Lipinski definition) is 0. The SMILES string of the molecule is Cc1nn(Cc2ccc(C=O)cc2)c(C)c1-c1ccc(C#N)c(Cl)c1. The van der Waals surface area contributed by atoms with Crippen LogP contribution in [0.4, 0.5) is 0 Å². The highest BCUT2D eigenvalue weighted by atomic mass is 35.5. The molecule has 25 heavy (non-hydrogen) atoms. The highest BCUT2D eigenvalue weighted by molar-refractivity contribution is 6.32. The minimum atomic E-state index is 0.441. The van der Waals surface area contributed by atoms with Crippen molar-refractivity contribution in [2.75, 3.05) is 0 Å². The average Bonchev–Trinajstić information content (AvgIpc) is 2.89. The molecule has 0 bridgehead atoms. The van der Waals surface area contributed by atoms with E-state index in [4.69, 9.17) is 16.9 Å². The highest BCUT2D eigenvalue weighted by Gasteiger charge is 2.15. The number of hydrogen-bond acceptors (Lipinski definition) is 3. The lowest BCUT2D eigenvalue weighted by atomic mass is 10.0. The molecule has 0 spiro atoms. The van der Waals surface area contributed by atoms with Gasteiger partial charge in [-0.25, -0.2) is 0 Å². The summed E-state index contributed by atoms with van der Waals surface area (Å²) in [5, 5.41) is 14.1. The van der Waals surface area contributed by atoms with Crippen LogP contribution in [0.2, 0.25) is 5.02 Å². The molecule has 2 aromatic carbocycles. The van der Waals surface area contributed by atoms with Crippen molar-refractivity contribution in [2.24, 2.45) is 0 Å². The van der Waals surface area contributed by atoms with Crippen molar-refractivity contribution in [3.05, 3.63) is 75.6 Å². The van der Waals surface area contributed by atoms with Crippen LogP contribution >= 0.6 is 11.6 Å². The lowest BCUT2D eigenvalue weighted by molar-refractivity contribution is 0.112. The van der Waals surface area contributed by atoms with Crippen LogP contribution in [0.3, 0.4) is 0 Å². The van der Waals surface area contributed by atoms with Crippen LogP contribution < -0.4 is 0 Å². The van der Waals surface area contributed by atoms with Gasteiger partial charge in [-0.05, 0) is 37.1 Å². The molecule has 0 unspecified atom stereocenters.